The minimum atomic E-state index is -0.236. The van der Waals surface area contributed by atoms with Gasteiger partial charge >= 0.3 is 0 Å². The number of hydrogen-bond acceptors (Lipinski definition) is 6. The summed E-state index contributed by atoms with van der Waals surface area (Å²) < 4.78 is 16.8. The van der Waals surface area contributed by atoms with Gasteiger partial charge in [0.05, 0.1) is 24.8 Å². The van der Waals surface area contributed by atoms with Crippen molar-refractivity contribution in [1.82, 2.24) is 5.32 Å². The predicted molar refractivity (Wildman–Crippen MR) is 116 cm³/mol. The summed E-state index contributed by atoms with van der Waals surface area (Å²) in [6.45, 7) is 1.86. The standard InChI is InChI=1S/C21H25NO4S2/c1-14(18-12-17(24-2)8-9-19(18)25-3)22-20(23)13-26-16-6-4-15(5-7-16)21-27-10-11-28-21/h4-9,12,14,21H,10-11,13H2,1-3H3,(H,22,23)/t14-/m1/s1. The number of ether oxygens (including phenoxy) is 3. The molecule has 0 unspecified atom stereocenters. The Kier molecular flexibility index (Phi) is 7.39. The highest BCUT2D eigenvalue weighted by atomic mass is 32.2. The first kappa shape index (κ1) is 20.7. The SMILES string of the molecule is COc1ccc(OC)c([C@@H](C)NC(=O)COc2ccc(C3SCCS3)cc2)c1. The third-order valence-corrected chi connectivity index (χ3v) is 7.53. The molecule has 1 N–H and O–H groups in total. The maximum absolute atomic E-state index is 12.3. The molecule has 1 aliphatic rings. The van der Waals surface area contributed by atoms with Crippen LogP contribution in [0.15, 0.2) is 42.5 Å². The molecular weight excluding hydrogens is 394 g/mol. The average Bonchev–Trinajstić information content (AvgIpc) is 3.27. The number of nitrogens with one attached hydrogen (secondary N) is 1. The first-order chi connectivity index (χ1) is 13.6. The number of carbonyl (C=O) groups excluding carboxylic acids is 1. The van der Waals surface area contributed by atoms with Crippen LogP contribution in [0.3, 0.4) is 0 Å². The van der Waals surface area contributed by atoms with Crippen LogP contribution in [0.4, 0.5) is 0 Å². The predicted octanol–water partition coefficient (Wildman–Crippen LogP) is 4.44. The second-order valence-corrected chi connectivity index (χ2v) is 9.05. The molecule has 1 atom stereocenters. The molecule has 1 amide bonds. The van der Waals surface area contributed by atoms with E-state index < -0.39 is 0 Å². The smallest absolute Gasteiger partial charge is 0.258 e. The molecular formula is C21H25NO4S2. The first-order valence-corrected chi connectivity index (χ1v) is 11.2. The monoisotopic (exact) mass is 419 g/mol. The molecule has 1 fully saturated rings. The third kappa shape index (κ3) is 5.29. The van der Waals surface area contributed by atoms with Crippen LogP contribution in [0, 0.1) is 0 Å². The molecule has 2 aromatic rings. The van der Waals surface area contributed by atoms with Gasteiger partial charge in [0, 0.05) is 17.1 Å². The van der Waals surface area contributed by atoms with E-state index in [1.165, 1.54) is 17.1 Å². The Morgan fingerprint density at radius 1 is 1.07 bits per heavy atom. The molecule has 28 heavy (non-hydrogen) atoms. The number of carbonyl (C=O) groups is 1. The Morgan fingerprint density at radius 2 is 1.75 bits per heavy atom. The lowest BCUT2D eigenvalue weighted by atomic mass is 10.1. The second kappa shape index (κ2) is 9.98. The van der Waals surface area contributed by atoms with Crippen molar-refractivity contribution in [2.45, 2.75) is 17.5 Å². The Morgan fingerprint density at radius 3 is 2.39 bits per heavy atom. The number of amides is 1. The average molecular weight is 420 g/mol. The van der Waals surface area contributed by atoms with Crippen molar-refractivity contribution in [3.8, 4) is 17.2 Å². The van der Waals surface area contributed by atoms with Crippen LogP contribution in [0.25, 0.3) is 0 Å². The van der Waals surface area contributed by atoms with E-state index in [9.17, 15) is 4.79 Å². The third-order valence-electron chi connectivity index (χ3n) is 4.42. The molecule has 0 aliphatic carbocycles. The molecule has 1 saturated heterocycles. The lowest BCUT2D eigenvalue weighted by molar-refractivity contribution is -0.123. The number of rotatable bonds is 8. The Labute approximate surface area is 174 Å². The van der Waals surface area contributed by atoms with E-state index in [2.05, 4.69) is 17.4 Å². The summed E-state index contributed by atoms with van der Waals surface area (Å²) in [5, 5.41) is 2.94. The van der Waals surface area contributed by atoms with Crippen LogP contribution in [0.1, 0.15) is 28.7 Å². The summed E-state index contributed by atoms with van der Waals surface area (Å²) in [4.78, 5) is 12.3. The van der Waals surface area contributed by atoms with Gasteiger partial charge in [-0.05, 0) is 42.8 Å². The molecule has 0 aromatic heterocycles. The number of hydrogen-bond donors (Lipinski definition) is 1. The summed E-state index contributed by atoms with van der Waals surface area (Å²) in [5.74, 6) is 4.31. The van der Waals surface area contributed by atoms with Crippen molar-refractivity contribution < 1.29 is 19.0 Å². The number of methoxy groups -OCH3 is 2. The van der Waals surface area contributed by atoms with Crippen LogP contribution in [0.5, 0.6) is 17.2 Å². The van der Waals surface area contributed by atoms with Gasteiger partial charge in [0.25, 0.3) is 5.91 Å². The van der Waals surface area contributed by atoms with Gasteiger partial charge < -0.3 is 19.5 Å². The zero-order valence-electron chi connectivity index (χ0n) is 16.3. The molecule has 150 valence electrons. The molecule has 0 bridgehead atoms. The van der Waals surface area contributed by atoms with Gasteiger partial charge in [-0.2, -0.15) is 0 Å². The number of thioether (sulfide) groups is 2. The van der Waals surface area contributed by atoms with E-state index in [1.54, 1.807) is 14.2 Å². The fraction of sp³-hybridized carbons (Fsp3) is 0.381. The molecule has 2 aromatic carbocycles. The van der Waals surface area contributed by atoms with Gasteiger partial charge in [0.15, 0.2) is 6.61 Å². The largest absolute Gasteiger partial charge is 0.497 e. The van der Waals surface area contributed by atoms with Crippen molar-refractivity contribution in [1.29, 1.82) is 0 Å². The Hall–Kier alpha value is -1.99. The summed E-state index contributed by atoms with van der Waals surface area (Å²) in [6, 6.07) is 13.3. The zero-order chi connectivity index (χ0) is 19.9. The maximum Gasteiger partial charge on any atom is 0.258 e. The van der Waals surface area contributed by atoms with Crippen LogP contribution in [-0.4, -0.2) is 38.2 Å². The van der Waals surface area contributed by atoms with Crippen molar-refractivity contribution in [3.05, 3.63) is 53.6 Å². The lowest BCUT2D eigenvalue weighted by Gasteiger charge is -2.18. The van der Waals surface area contributed by atoms with Crippen LogP contribution in [0.2, 0.25) is 0 Å². The van der Waals surface area contributed by atoms with Gasteiger partial charge in [-0.15, -0.1) is 23.5 Å². The lowest BCUT2D eigenvalue weighted by Crippen LogP contribution is -2.31. The fourth-order valence-corrected chi connectivity index (χ4v) is 5.82. The van der Waals surface area contributed by atoms with Crippen LogP contribution in [-0.2, 0) is 4.79 Å². The maximum atomic E-state index is 12.3. The van der Waals surface area contributed by atoms with Crippen molar-refractivity contribution in [3.63, 3.8) is 0 Å². The number of benzene rings is 2. The molecule has 5 nitrogen and oxygen atoms in total. The second-order valence-electron chi connectivity index (χ2n) is 6.33. The van der Waals surface area contributed by atoms with Crippen LogP contribution >= 0.6 is 23.5 Å². The summed E-state index contributed by atoms with van der Waals surface area (Å²) in [6.07, 6.45) is 0. The topological polar surface area (TPSA) is 56.8 Å². The molecule has 7 heteroatoms. The summed E-state index contributed by atoms with van der Waals surface area (Å²) in [5.41, 5.74) is 2.15. The van der Waals surface area contributed by atoms with E-state index in [0.29, 0.717) is 21.8 Å². The van der Waals surface area contributed by atoms with E-state index in [-0.39, 0.29) is 18.6 Å². The summed E-state index contributed by atoms with van der Waals surface area (Å²) >= 11 is 3.94. The molecule has 0 saturated carbocycles. The van der Waals surface area contributed by atoms with E-state index in [0.717, 1.165) is 5.56 Å². The minimum absolute atomic E-state index is 0.0388. The molecule has 0 radical (unpaired) electrons. The van der Waals surface area contributed by atoms with Gasteiger partial charge in [-0.25, -0.2) is 0 Å². The van der Waals surface area contributed by atoms with Crippen molar-refractivity contribution in [2.24, 2.45) is 0 Å². The Balaban J connectivity index is 1.54. The normalized spacial score (nSPS) is 15.1. The summed E-state index contributed by atoms with van der Waals surface area (Å²) in [7, 11) is 3.22. The quantitative estimate of drug-likeness (QED) is 0.683. The van der Waals surface area contributed by atoms with Gasteiger partial charge in [-0.1, -0.05) is 12.1 Å². The zero-order valence-corrected chi connectivity index (χ0v) is 17.9. The highest BCUT2D eigenvalue weighted by molar-refractivity contribution is 8.19. The van der Waals surface area contributed by atoms with Crippen molar-refractivity contribution in [2.75, 3.05) is 32.3 Å². The molecule has 1 heterocycles. The Bertz CT molecular complexity index is 791. The van der Waals surface area contributed by atoms with Crippen molar-refractivity contribution >= 4 is 29.4 Å². The molecule has 1 aliphatic heterocycles. The van der Waals surface area contributed by atoms with E-state index in [1.807, 2.05) is 60.8 Å². The first-order valence-electron chi connectivity index (χ1n) is 9.08. The van der Waals surface area contributed by atoms with Gasteiger partial charge in [0.2, 0.25) is 0 Å². The highest BCUT2D eigenvalue weighted by Crippen LogP contribution is 2.45. The van der Waals surface area contributed by atoms with E-state index in [4.69, 9.17) is 14.2 Å². The fourth-order valence-electron chi connectivity index (χ4n) is 2.96. The molecule has 3 rings (SSSR count). The van der Waals surface area contributed by atoms with E-state index >= 15 is 0 Å². The minimum Gasteiger partial charge on any atom is -0.497 e. The molecule has 0 spiro atoms. The highest BCUT2D eigenvalue weighted by Gasteiger charge is 2.18. The van der Waals surface area contributed by atoms with Gasteiger partial charge in [0.1, 0.15) is 17.2 Å². The van der Waals surface area contributed by atoms with Crippen LogP contribution < -0.4 is 19.5 Å². The van der Waals surface area contributed by atoms with Gasteiger partial charge in [-0.3, -0.25) is 4.79 Å².